The molecule has 7 heteroatoms. The summed E-state index contributed by atoms with van der Waals surface area (Å²) < 4.78 is 1.59. The summed E-state index contributed by atoms with van der Waals surface area (Å²) in [5, 5.41) is 12.2. The summed E-state index contributed by atoms with van der Waals surface area (Å²) in [6, 6.07) is 17.0. The smallest absolute Gasteiger partial charge is 0.265 e. The number of fused-ring (bicyclic) bond motifs is 4. The highest BCUT2D eigenvalue weighted by atomic mass is 16.3. The first-order valence-corrected chi connectivity index (χ1v) is 12.9. The first-order valence-electron chi connectivity index (χ1n) is 12.9. The van der Waals surface area contributed by atoms with Crippen LogP contribution in [0, 0.1) is 12.8 Å². The molecule has 0 saturated carbocycles. The van der Waals surface area contributed by atoms with Crippen molar-refractivity contribution in [1.29, 1.82) is 0 Å². The van der Waals surface area contributed by atoms with Gasteiger partial charge < -0.3 is 15.8 Å². The summed E-state index contributed by atoms with van der Waals surface area (Å²) in [4.78, 5) is 33.7. The van der Waals surface area contributed by atoms with Crippen LogP contribution >= 0.6 is 0 Å². The van der Waals surface area contributed by atoms with Gasteiger partial charge in [-0.25, -0.2) is 4.98 Å². The molecule has 6 rings (SSSR count). The Labute approximate surface area is 220 Å². The number of para-hydroxylation sites is 1. The summed E-state index contributed by atoms with van der Waals surface area (Å²) in [7, 11) is 0. The lowest BCUT2D eigenvalue weighted by atomic mass is 9.77. The van der Waals surface area contributed by atoms with E-state index < -0.39 is 11.5 Å². The minimum Gasteiger partial charge on any atom is -0.390 e. The number of nitrogens with one attached hydrogen (secondary N) is 1. The van der Waals surface area contributed by atoms with E-state index in [1.165, 1.54) is 0 Å². The van der Waals surface area contributed by atoms with E-state index in [2.05, 4.69) is 9.97 Å². The normalized spacial score (nSPS) is 15.6. The number of benzene rings is 3. The molecule has 1 atom stereocenters. The largest absolute Gasteiger partial charge is 0.390 e. The van der Waals surface area contributed by atoms with Gasteiger partial charge in [0.15, 0.2) is 0 Å². The number of aromatic nitrogens is 3. The maximum absolute atomic E-state index is 13.4. The summed E-state index contributed by atoms with van der Waals surface area (Å²) in [5.41, 5.74) is 12.5. The van der Waals surface area contributed by atoms with E-state index in [9.17, 15) is 14.7 Å². The van der Waals surface area contributed by atoms with Crippen LogP contribution in [0.1, 0.15) is 47.4 Å². The SMILES string of the molecule is Cc1c(-c2ccc(C(N)=O)c3[nH]c4c(c23)CCC(C(C)(C)O)C4)cccc1-n1cnc2ccccc2c1=O. The number of carbonyl (C=O) groups is 1. The number of H-pyrrole nitrogens is 1. The minimum atomic E-state index is -0.795. The van der Waals surface area contributed by atoms with E-state index in [-0.39, 0.29) is 11.5 Å². The number of nitrogens with zero attached hydrogens (tertiary/aromatic N) is 2. The fourth-order valence-electron chi connectivity index (χ4n) is 5.99. The standard InChI is InChI=1S/C31H30N4O3/c1-17-19(8-6-10-26(17)35-16-33-24-9-5-4-7-22(24)30(35)37)20-13-14-23(29(32)36)28-27(20)21-12-11-18(31(2,3)38)15-25(21)34-28/h4-10,13-14,16,18,34,38H,11-12,15H2,1-3H3,(H2,32,36). The zero-order valence-corrected chi connectivity index (χ0v) is 21.7. The van der Waals surface area contributed by atoms with Gasteiger partial charge in [0.05, 0.1) is 33.3 Å². The monoisotopic (exact) mass is 506 g/mol. The van der Waals surface area contributed by atoms with Gasteiger partial charge in [-0.1, -0.05) is 30.3 Å². The molecule has 1 aliphatic rings. The number of hydrogen-bond donors (Lipinski definition) is 3. The molecule has 2 heterocycles. The van der Waals surface area contributed by atoms with Crippen molar-refractivity contribution >= 4 is 27.7 Å². The van der Waals surface area contributed by atoms with E-state index >= 15 is 0 Å². The number of aliphatic hydroxyl groups is 1. The van der Waals surface area contributed by atoms with Crippen LogP contribution in [-0.4, -0.2) is 31.1 Å². The summed E-state index contributed by atoms with van der Waals surface area (Å²) in [6.45, 7) is 5.71. The van der Waals surface area contributed by atoms with Crippen LogP contribution in [0.3, 0.4) is 0 Å². The molecular formula is C31H30N4O3. The number of hydrogen-bond acceptors (Lipinski definition) is 4. The zero-order valence-electron chi connectivity index (χ0n) is 21.7. The highest BCUT2D eigenvalue weighted by molar-refractivity contribution is 6.11. The summed E-state index contributed by atoms with van der Waals surface area (Å²) >= 11 is 0. The number of rotatable bonds is 4. The maximum atomic E-state index is 13.4. The van der Waals surface area contributed by atoms with Crippen molar-refractivity contribution in [1.82, 2.24) is 14.5 Å². The number of nitrogens with two attached hydrogens (primary N) is 1. The minimum absolute atomic E-state index is 0.112. The molecule has 0 radical (unpaired) electrons. The van der Waals surface area contributed by atoms with Gasteiger partial charge in [-0.2, -0.15) is 0 Å². The number of carbonyl (C=O) groups excluding carboxylic acids is 1. The van der Waals surface area contributed by atoms with E-state index in [1.54, 1.807) is 23.0 Å². The Morgan fingerprint density at radius 3 is 2.66 bits per heavy atom. The first-order chi connectivity index (χ1) is 18.1. The third-order valence-electron chi connectivity index (χ3n) is 8.13. The molecule has 1 amide bonds. The van der Waals surface area contributed by atoms with Crippen LogP contribution in [0.4, 0.5) is 0 Å². The molecule has 0 spiro atoms. The number of amides is 1. The Morgan fingerprint density at radius 2 is 1.89 bits per heavy atom. The number of aromatic amines is 1. The second-order valence-electron chi connectivity index (χ2n) is 10.8. The molecule has 4 N–H and O–H groups in total. The van der Waals surface area contributed by atoms with Crippen LogP contribution in [0.25, 0.3) is 38.6 Å². The van der Waals surface area contributed by atoms with Crippen LogP contribution < -0.4 is 11.3 Å². The van der Waals surface area contributed by atoms with Crippen molar-refractivity contribution in [3.8, 4) is 16.8 Å². The lowest BCUT2D eigenvalue weighted by Crippen LogP contribution is -2.34. The van der Waals surface area contributed by atoms with E-state index in [1.807, 2.05) is 63.2 Å². The first kappa shape index (κ1) is 24.1. The van der Waals surface area contributed by atoms with Gasteiger partial charge in [-0.3, -0.25) is 14.2 Å². The van der Waals surface area contributed by atoms with Crippen molar-refractivity contribution in [2.24, 2.45) is 11.7 Å². The molecule has 0 aliphatic heterocycles. The van der Waals surface area contributed by atoms with Crippen LogP contribution in [0.5, 0.6) is 0 Å². The summed E-state index contributed by atoms with van der Waals surface area (Å²) in [6.07, 6.45) is 3.91. The molecule has 3 aromatic carbocycles. The van der Waals surface area contributed by atoms with Gasteiger partial charge in [-0.15, -0.1) is 0 Å². The second kappa shape index (κ2) is 8.67. The Hall–Kier alpha value is -4.23. The fraction of sp³-hybridized carbons (Fsp3) is 0.258. The maximum Gasteiger partial charge on any atom is 0.265 e. The van der Waals surface area contributed by atoms with Crippen molar-refractivity contribution in [3.05, 3.63) is 93.7 Å². The average Bonchev–Trinajstić information content (AvgIpc) is 3.27. The van der Waals surface area contributed by atoms with Gasteiger partial charge in [-0.05, 0) is 92.5 Å². The van der Waals surface area contributed by atoms with Crippen molar-refractivity contribution in [2.75, 3.05) is 0 Å². The highest BCUT2D eigenvalue weighted by Crippen LogP contribution is 2.42. The van der Waals surface area contributed by atoms with Gasteiger partial charge in [0.1, 0.15) is 6.33 Å². The van der Waals surface area contributed by atoms with Crippen molar-refractivity contribution < 1.29 is 9.90 Å². The third-order valence-corrected chi connectivity index (χ3v) is 8.13. The van der Waals surface area contributed by atoms with E-state index in [4.69, 9.17) is 5.73 Å². The topological polar surface area (TPSA) is 114 Å². The molecule has 0 fully saturated rings. The Morgan fingerprint density at radius 1 is 1.11 bits per heavy atom. The van der Waals surface area contributed by atoms with Gasteiger partial charge in [0, 0.05) is 11.1 Å². The number of aryl methyl sites for hydroxylation is 1. The molecule has 0 saturated heterocycles. The van der Waals surface area contributed by atoms with Crippen LogP contribution in [-0.2, 0) is 12.8 Å². The number of primary amides is 1. The molecule has 0 bridgehead atoms. The van der Waals surface area contributed by atoms with Crippen LogP contribution in [0.2, 0.25) is 0 Å². The predicted octanol–water partition coefficient (Wildman–Crippen LogP) is 4.82. The molecular weight excluding hydrogens is 476 g/mol. The summed E-state index contributed by atoms with van der Waals surface area (Å²) in [5.74, 6) is -0.376. The third kappa shape index (κ3) is 3.73. The van der Waals surface area contributed by atoms with Crippen molar-refractivity contribution in [2.45, 2.75) is 45.6 Å². The molecule has 2 aromatic heterocycles. The van der Waals surface area contributed by atoms with Gasteiger partial charge >= 0.3 is 0 Å². The lowest BCUT2D eigenvalue weighted by molar-refractivity contribution is 0.0107. The Balaban J connectivity index is 1.57. The molecule has 1 unspecified atom stereocenters. The molecule has 38 heavy (non-hydrogen) atoms. The van der Waals surface area contributed by atoms with E-state index in [0.29, 0.717) is 22.9 Å². The molecule has 7 nitrogen and oxygen atoms in total. The molecule has 5 aromatic rings. The Kier molecular flexibility index (Phi) is 5.50. The molecule has 1 aliphatic carbocycles. The fourth-order valence-corrected chi connectivity index (χ4v) is 5.99. The van der Waals surface area contributed by atoms with E-state index in [0.717, 1.165) is 57.4 Å². The van der Waals surface area contributed by atoms with Crippen LogP contribution in [0.15, 0.2) is 65.7 Å². The lowest BCUT2D eigenvalue weighted by Gasteiger charge is -2.32. The quantitative estimate of drug-likeness (QED) is 0.324. The zero-order chi connectivity index (χ0) is 26.8. The predicted molar refractivity (Wildman–Crippen MR) is 150 cm³/mol. The average molecular weight is 507 g/mol. The van der Waals surface area contributed by atoms with Gasteiger partial charge in [0.25, 0.3) is 11.5 Å². The Bertz CT molecular complexity index is 1810. The molecule has 192 valence electrons. The van der Waals surface area contributed by atoms with Crippen molar-refractivity contribution in [3.63, 3.8) is 0 Å². The van der Waals surface area contributed by atoms with Gasteiger partial charge in [0.2, 0.25) is 0 Å². The highest BCUT2D eigenvalue weighted by Gasteiger charge is 2.33. The second-order valence-corrected chi connectivity index (χ2v) is 10.8.